The number of benzene rings is 1. The van der Waals surface area contributed by atoms with E-state index in [1.165, 1.54) is 7.11 Å². The van der Waals surface area contributed by atoms with Gasteiger partial charge in [0.2, 0.25) is 5.90 Å². The average molecular weight is 386 g/mol. The zero-order valence-corrected chi connectivity index (χ0v) is 16.0. The van der Waals surface area contributed by atoms with E-state index in [1.54, 1.807) is 38.1 Å². The number of hydrogen-bond donors (Lipinski definition) is 1. The molecule has 0 fully saturated rings. The number of carbonyl (C=O) groups is 2. The maximum absolute atomic E-state index is 12.7. The second-order valence-electron chi connectivity index (χ2n) is 5.86. The lowest BCUT2D eigenvalue weighted by Gasteiger charge is -2.31. The Morgan fingerprint density at radius 2 is 1.82 bits per heavy atom. The van der Waals surface area contributed by atoms with Crippen molar-refractivity contribution in [3.63, 3.8) is 0 Å². The highest BCUT2D eigenvalue weighted by molar-refractivity contribution is 5.97. The van der Waals surface area contributed by atoms with Gasteiger partial charge in [-0.05, 0) is 31.5 Å². The van der Waals surface area contributed by atoms with Crippen LogP contribution in [0.3, 0.4) is 0 Å². The van der Waals surface area contributed by atoms with Crippen LogP contribution in [0, 0.1) is 22.7 Å². The van der Waals surface area contributed by atoms with E-state index in [0.717, 1.165) is 0 Å². The van der Waals surface area contributed by atoms with Crippen LogP contribution < -0.4 is 4.74 Å². The van der Waals surface area contributed by atoms with Gasteiger partial charge >= 0.3 is 11.9 Å². The second-order valence-corrected chi connectivity index (χ2v) is 5.86. The highest BCUT2D eigenvalue weighted by atomic mass is 16.5. The predicted molar refractivity (Wildman–Crippen MR) is 98.6 cm³/mol. The Hall–Kier alpha value is -3.34. The summed E-state index contributed by atoms with van der Waals surface area (Å²) < 4.78 is 20.6. The van der Waals surface area contributed by atoms with Gasteiger partial charge < -0.3 is 18.9 Å². The Kier molecular flexibility index (Phi) is 7.15. The Balaban J connectivity index is 2.60. The number of nitriles is 1. The molecule has 1 heterocycles. The Morgan fingerprint density at radius 1 is 1.18 bits per heavy atom. The molecule has 1 N–H and O–H groups in total. The van der Waals surface area contributed by atoms with Gasteiger partial charge in [0.1, 0.15) is 23.8 Å². The Bertz CT molecular complexity index is 822. The number of nitrogens with zero attached hydrogens (tertiary/aromatic N) is 1. The molecule has 8 heteroatoms. The topological polar surface area (TPSA) is 119 Å². The third-order valence-corrected chi connectivity index (χ3v) is 4.18. The molecular weight excluding hydrogens is 364 g/mol. The quantitative estimate of drug-likeness (QED) is 0.716. The summed E-state index contributed by atoms with van der Waals surface area (Å²) in [6.45, 7) is 3.59. The van der Waals surface area contributed by atoms with Crippen molar-refractivity contribution in [2.24, 2.45) is 5.92 Å². The van der Waals surface area contributed by atoms with Crippen molar-refractivity contribution in [3.05, 3.63) is 41.2 Å². The number of esters is 2. The lowest BCUT2D eigenvalue weighted by atomic mass is 9.78. The normalized spacial score (nSPS) is 18.7. The summed E-state index contributed by atoms with van der Waals surface area (Å²) in [6.07, 6.45) is -0.338. The number of nitrogens with one attached hydrogen (secondary N) is 1. The van der Waals surface area contributed by atoms with Crippen molar-refractivity contribution in [2.75, 3.05) is 20.3 Å². The first-order valence-corrected chi connectivity index (χ1v) is 8.82. The fourth-order valence-corrected chi connectivity index (χ4v) is 2.97. The molecule has 0 aliphatic carbocycles. The van der Waals surface area contributed by atoms with Gasteiger partial charge in [-0.15, -0.1) is 0 Å². The summed E-state index contributed by atoms with van der Waals surface area (Å²) in [5.74, 6) is -2.93. The molecule has 28 heavy (non-hydrogen) atoms. The molecule has 1 aliphatic heterocycles. The number of ether oxygens (including phenoxy) is 4. The summed E-state index contributed by atoms with van der Waals surface area (Å²) in [4.78, 5) is 24.7. The smallest absolute Gasteiger partial charge is 0.338 e. The standard InChI is InChI=1S/C20H22N2O6/c1-4-26-16(23)10-15-18(20(24)27-5-2)17(14(11-21)19(22)28-15)12-6-8-13(25-3)9-7-12/h6-9,14,17,22H,4-5,10H2,1-3H3. The van der Waals surface area contributed by atoms with Crippen LogP contribution in [0.5, 0.6) is 5.75 Å². The third kappa shape index (κ3) is 4.49. The van der Waals surface area contributed by atoms with E-state index in [4.69, 9.17) is 24.4 Å². The average Bonchev–Trinajstić information content (AvgIpc) is 2.68. The van der Waals surface area contributed by atoms with Crippen molar-refractivity contribution in [1.29, 1.82) is 10.7 Å². The highest BCUT2D eigenvalue weighted by Gasteiger charge is 2.43. The van der Waals surface area contributed by atoms with Crippen molar-refractivity contribution in [3.8, 4) is 11.8 Å². The molecule has 0 bridgehead atoms. The van der Waals surface area contributed by atoms with Crippen LogP contribution in [0.15, 0.2) is 35.6 Å². The highest BCUT2D eigenvalue weighted by Crippen LogP contribution is 2.41. The number of rotatable bonds is 7. The van der Waals surface area contributed by atoms with E-state index >= 15 is 0 Å². The van der Waals surface area contributed by atoms with Gasteiger partial charge in [-0.2, -0.15) is 5.26 Å². The minimum absolute atomic E-state index is 0.0331. The molecule has 0 spiro atoms. The lowest BCUT2D eigenvalue weighted by Crippen LogP contribution is -2.34. The molecule has 2 rings (SSSR count). The van der Waals surface area contributed by atoms with E-state index < -0.39 is 23.8 Å². The lowest BCUT2D eigenvalue weighted by molar-refractivity contribution is -0.142. The van der Waals surface area contributed by atoms with Crippen LogP contribution in [-0.4, -0.2) is 38.2 Å². The van der Waals surface area contributed by atoms with Crippen LogP contribution in [0.4, 0.5) is 0 Å². The van der Waals surface area contributed by atoms with Gasteiger partial charge in [-0.25, -0.2) is 4.79 Å². The predicted octanol–water partition coefficient (Wildman–Crippen LogP) is 2.70. The molecule has 2 atom stereocenters. The molecule has 0 saturated heterocycles. The van der Waals surface area contributed by atoms with Gasteiger partial charge in [0.25, 0.3) is 0 Å². The van der Waals surface area contributed by atoms with Gasteiger partial charge in [0, 0.05) is 5.92 Å². The first-order valence-electron chi connectivity index (χ1n) is 8.82. The van der Waals surface area contributed by atoms with Crippen LogP contribution in [-0.2, 0) is 23.8 Å². The second kappa shape index (κ2) is 9.55. The summed E-state index contributed by atoms with van der Waals surface area (Å²) in [7, 11) is 1.53. The maximum atomic E-state index is 12.7. The van der Waals surface area contributed by atoms with Gasteiger partial charge in [-0.1, -0.05) is 12.1 Å². The Morgan fingerprint density at radius 3 is 2.36 bits per heavy atom. The van der Waals surface area contributed by atoms with Crippen molar-refractivity contribution in [2.45, 2.75) is 26.2 Å². The molecule has 2 unspecified atom stereocenters. The first-order chi connectivity index (χ1) is 13.5. The monoisotopic (exact) mass is 386 g/mol. The summed E-state index contributed by atoms with van der Waals surface area (Å²) in [5.41, 5.74) is 0.646. The van der Waals surface area contributed by atoms with E-state index in [2.05, 4.69) is 0 Å². The molecule has 1 aromatic rings. The van der Waals surface area contributed by atoms with Gasteiger partial charge in [-0.3, -0.25) is 10.2 Å². The third-order valence-electron chi connectivity index (χ3n) is 4.18. The van der Waals surface area contributed by atoms with Crippen LogP contribution in [0.1, 0.15) is 31.7 Å². The minimum Gasteiger partial charge on any atom is -0.497 e. The molecule has 1 aliphatic rings. The zero-order chi connectivity index (χ0) is 20.7. The molecule has 1 aromatic carbocycles. The van der Waals surface area contributed by atoms with Crippen molar-refractivity contribution >= 4 is 17.8 Å². The van der Waals surface area contributed by atoms with Crippen LogP contribution >= 0.6 is 0 Å². The van der Waals surface area contributed by atoms with Crippen LogP contribution in [0.2, 0.25) is 0 Å². The fourth-order valence-electron chi connectivity index (χ4n) is 2.97. The molecule has 0 radical (unpaired) electrons. The van der Waals surface area contributed by atoms with Crippen molar-refractivity contribution < 1.29 is 28.5 Å². The SMILES string of the molecule is CCOC(=O)CC1=C(C(=O)OCC)C(c2ccc(OC)cc2)C(C#N)C(=N)O1. The van der Waals surface area contributed by atoms with Crippen LogP contribution in [0.25, 0.3) is 0 Å². The Labute approximate surface area is 163 Å². The number of methoxy groups -OCH3 is 1. The van der Waals surface area contributed by atoms with Gasteiger partial charge in [0.05, 0.1) is 32.0 Å². The molecular formula is C20H22N2O6. The summed E-state index contributed by atoms with van der Waals surface area (Å²) in [6, 6.07) is 8.80. The van der Waals surface area contributed by atoms with Crippen molar-refractivity contribution in [1.82, 2.24) is 0 Å². The molecule has 0 aromatic heterocycles. The minimum atomic E-state index is -1.04. The molecule has 8 nitrogen and oxygen atoms in total. The van der Waals surface area contributed by atoms with E-state index in [0.29, 0.717) is 11.3 Å². The van der Waals surface area contributed by atoms with E-state index in [9.17, 15) is 14.9 Å². The van der Waals surface area contributed by atoms with E-state index in [-0.39, 0.29) is 36.9 Å². The number of carbonyl (C=O) groups excluding carboxylic acids is 2. The first kappa shape index (κ1) is 21.0. The molecule has 148 valence electrons. The molecule has 0 saturated carbocycles. The largest absolute Gasteiger partial charge is 0.497 e. The maximum Gasteiger partial charge on any atom is 0.338 e. The summed E-state index contributed by atoms with van der Waals surface area (Å²) in [5, 5.41) is 17.7. The van der Waals surface area contributed by atoms with Gasteiger partial charge in [0.15, 0.2) is 0 Å². The summed E-state index contributed by atoms with van der Waals surface area (Å²) >= 11 is 0. The van der Waals surface area contributed by atoms with E-state index in [1.807, 2.05) is 6.07 Å². The fraction of sp³-hybridized carbons (Fsp3) is 0.400. The zero-order valence-electron chi connectivity index (χ0n) is 16.0. The molecule has 0 amide bonds. The number of hydrogen-bond acceptors (Lipinski definition) is 8.